The van der Waals surface area contributed by atoms with Gasteiger partial charge in [0.25, 0.3) is 5.91 Å². The third-order valence-corrected chi connectivity index (χ3v) is 5.81. The van der Waals surface area contributed by atoms with Crippen molar-refractivity contribution < 1.29 is 9.53 Å². The predicted molar refractivity (Wildman–Crippen MR) is 135 cm³/mol. The zero-order valence-corrected chi connectivity index (χ0v) is 20.1. The zero-order valence-electron chi connectivity index (χ0n) is 18.6. The summed E-state index contributed by atoms with van der Waals surface area (Å²) in [6.07, 6.45) is 3.14. The number of ether oxygens (including phenoxy) is 1. The number of pyridine rings is 1. The monoisotopic (exact) mass is 492 g/mol. The van der Waals surface area contributed by atoms with Crippen LogP contribution in [0, 0.1) is 13.8 Å². The summed E-state index contributed by atoms with van der Waals surface area (Å²) in [5.41, 5.74) is 7.73. The van der Waals surface area contributed by atoms with Gasteiger partial charge in [0.05, 0.1) is 11.8 Å². The number of halogens is 2. The summed E-state index contributed by atoms with van der Waals surface area (Å²) < 4.78 is 8.00. The molecule has 4 rings (SSSR count). The van der Waals surface area contributed by atoms with Crippen molar-refractivity contribution in [3.8, 4) is 11.4 Å². The molecule has 4 aromatic rings. The third-order valence-electron chi connectivity index (χ3n) is 5.26. The molecule has 0 aliphatic rings. The Bertz CT molecular complexity index is 1330. The molecular formula is C26H22Cl2N4O2. The summed E-state index contributed by atoms with van der Waals surface area (Å²) >= 11 is 11.9. The van der Waals surface area contributed by atoms with Gasteiger partial charge in [0.15, 0.2) is 0 Å². The van der Waals surface area contributed by atoms with Gasteiger partial charge in [0.2, 0.25) is 0 Å². The van der Waals surface area contributed by atoms with Gasteiger partial charge in [-0.2, -0.15) is 5.10 Å². The predicted octanol–water partition coefficient (Wildman–Crippen LogP) is 6.14. The average molecular weight is 493 g/mol. The quantitative estimate of drug-likeness (QED) is 0.191. The minimum atomic E-state index is -0.419. The Labute approximate surface area is 207 Å². The Balaban J connectivity index is 1.43. The maximum absolute atomic E-state index is 12.3. The number of hydrazone groups is 1. The lowest BCUT2D eigenvalue weighted by molar-refractivity contribution is 0.0955. The van der Waals surface area contributed by atoms with Crippen LogP contribution in [0.4, 0.5) is 0 Å². The van der Waals surface area contributed by atoms with E-state index >= 15 is 0 Å². The minimum Gasteiger partial charge on any atom is -0.489 e. The van der Waals surface area contributed by atoms with Gasteiger partial charge in [-0.3, -0.25) is 4.79 Å². The van der Waals surface area contributed by atoms with Crippen LogP contribution in [-0.4, -0.2) is 21.7 Å². The smallest absolute Gasteiger partial charge is 0.274 e. The molecule has 2 aromatic carbocycles. The number of hydrogen-bond acceptors (Lipinski definition) is 4. The second-order valence-electron chi connectivity index (χ2n) is 7.61. The van der Waals surface area contributed by atoms with Crippen molar-refractivity contribution in [2.24, 2.45) is 5.10 Å². The molecule has 8 heteroatoms. The molecule has 172 valence electrons. The lowest BCUT2D eigenvalue weighted by Crippen LogP contribution is -2.18. The number of nitrogens with zero attached hydrogens (tertiary/aromatic N) is 3. The standard InChI is InChI=1S/C26H22Cl2N4O2/c1-17-14-20(15-30-31-26(33)24-4-3-13-29-25(24)28)18(2)32(17)22-9-11-23(12-10-22)34-16-19-5-7-21(27)8-6-19/h3-15H,16H2,1-2H3,(H,31,33). The van der Waals surface area contributed by atoms with Crippen molar-refractivity contribution >= 4 is 35.3 Å². The van der Waals surface area contributed by atoms with E-state index in [9.17, 15) is 4.79 Å². The van der Waals surface area contributed by atoms with Gasteiger partial charge in [0, 0.05) is 33.9 Å². The number of amides is 1. The SMILES string of the molecule is Cc1cc(C=NNC(=O)c2cccnc2Cl)c(C)n1-c1ccc(OCc2ccc(Cl)cc2)cc1. The van der Waals surface area contributed by atoms with E-state index in [2.05, 4.69) is 20.1 Å². The normalized spacial score (nSPS) is 11.1. The Hall–Kier alpha value is -3.61. The van der Waals surface area contributed by atoms with Crippen molar-refractivity contribution in [2.45, 2.75) is 20.5 Å². The molecule has 2 heterocycles. The number of benzene rings is 2. The number of carbonyl (C=O) groups is 1. The summed E-state index contributed by atoms with van der Waals surface area (Å²) in [6, 6.07) is 20.7. The molecule has 2 aromatic heterocycles. The topological polar surface area (TPSA) is 68.5 Å². The van der Waals surface area contributed by atoms with Crippen molar-refractivity contribution in [3.05, 3.63) is 111 Å². The molecule has 0 fully saturated rings. The molecule has 0 aliphatic heterocycles. The van der Waals surface area contributed by atoms with Gasteiger partial charge < -0.3 is 9.30 Å². The Morgan fingerprint density at radius 1 is 1.09 bits per heavy atom. The van der Waals surface area contributed by atoms with E-state index in [4.69, 9.17) is 27.9 Å². The molecule has 0 aliphatic carbocycles. The van der Waals surface area contributed by atoms with Crippen molar-refractivity contribution in [1.82, 2.24) is 15.0 Å². The number of aromatic nitrogens is 2. The molecule has 34 heavy (non-hydrogen) atoms. The van der Waals surface area contributed by atoms with E-state index in [1.165, 1.54) is 6.20 Å². The highest BCUT2D eigenvalue weighted by molar-refractivity contribution is 6.32. The van der Waals surface area contributed by atoms with Crippen LogP contribution < -0.4 is 10.2 Å². The maximum atomic E-state index is 12.3. The van der Waals surface area contributed by atoms with Crippen molar-refractivity contribution in [2.75, 3.05) is 0 Å². The van der Waals surface area contributed by atoms with E-state index < -0.39 is 5.91 Å². The summed E-state index contributed by atoms with van der Waals surface area (Å²) in [6.45, 7) is 4.48. The number of carbonyl (C=O) groups excluding carboxylic acids is 1. The summed E-state index contributed by atoms with van der Waals surface area (Å²) in [4.78, 5) is 16.2. The highest BCUT2D eigenvalue weighted by atomic mass is 35.5. The first-order chi connectivity index (χ1) is 16.4. The molecule has 0 unspecified atom stereocenters. The molecule has 0 radical (unpaired) electrons. The highest BCUT2D eigenvalue weighted by Crippen LogP contribution is 2.23. The van der Waals surface area contributed by atoms with Crippen LogP contribution in [0.1, 0.15) is 32.9 Å². The van der Waals surface area contributed by atoms with E-state index in [0.29, 0.717) is 11.6 Å². The second-order valence-corrected chi connectivity index (χ2v) is 8.41. The number of nitrogens with one attached hydrogen (secondary N) is 1. The molecular weight excluding hydrogens is 471 g/mol. The van der Waals surface area contributed by atoms with Crippen molar-refractivity contribution in [3.63, 3.8) is 0 Å². The number of aryl methyl sites for hydroxylation is 1. The van der Waals surface area contributed by atoms with Crippen LogP contribution in [0.5, 0.6) is 5.75 Å². The Morgan fingerprint density at radius 2 is 1.82 bits per heavy atom. The zero-order chi connectivity index (χ0) is 24.1. The van der Waals surface area contributed by atoms with Crippen LogP contribution >= 0.6 is 23.2 Å². The molecule has 0 bridgehead atoms. The first kappa shape index (κ1) is 23.5. The van der Waals surface area contributed by atoms with Gasteiger partial charge in [-0.1, -0.05) is 35.3 Å². The summed E-state index contributed by atoms with van der Waals surface area (Å²) in [7, 11) is 0. The molecule has 0 saturated heterocycles. The lowest BCUT2D eigenvalue weighted by Gasteiger charge is -2.11. The van der Waals surface area contributed by atoms with Crippen LogP contribution in [0.3, 0.4) is 0 Å². The van der Waals surface area contributed by atoms with Crippen LogP contribution in [0.15, 0.2) is 78.0 Å². The molecule has 1 amide bonds. The van der Waals surface area contributed by atoms with Crippen LogP contribution in [0.2, 0.25) is 10.2 Å². The average Bonchev–Trinajstić information content (AvgIpc) is 3.12. The Kier molecular flexibility index (Phi) is 7.30. The van der Waals surface area contributed by atoms with Gasteiger partial charge in [-0.05, 0) is 74.0 Å². The van der Waals surface area contributed by atoms with Crippen LogP contribution in [-0.2, 0) is 6.61 Å². The fourth-order valence-electron chi connectivity index (χ4n) is 3.53. The number of hydrogen-bond donors (Lipinski definition) is 1. The third kappa shape index (κ3) is 5.47. The first-order valence-electron chi connectivity index (χ1n) is 10.5. The summed E-state index contributed by atoms with van der Waals surface area (Å²) in [5.74, 6) is 0.358. The lowest BCUT2D eigenvalue weighted by atomic mass is 10.2. The molecule has 1 N–H and O–H groups in total. The molecule has 0 saturated carbocycles. The molecule has 0 spiro atoms. The van der Waals surface area contributed by atoms with Crippen molar-refractivity contribution in [1.29, 1.82) is 0 Å². The largest absolute Gasteiger partial charge is 0.489 e. The van der Waals surface area contributed by atoms with Gasteiger partial charge in [-0.25, -0.2) is 10.4 Å². The minimum absolute atomic E-state index is 0.133. The van der Waals surface area contributed by atoms with Gasteiger partial charge in [0.1, 0.15) is 17.5 Å². The highest BCUT2D eigenvalue weighted by Gasteiger charge is 2.11. The van der Waals surface area contributed by atoms with Crippen LogP contribution in [0.25, 0.3) is 5.69 Å². The van der Waals surface area contributed by atoms with E-state index in [0.717, 1.165) is 34.0 Å². The van der Waals surface area contributed by atoms with E-state index in [1.807, 2.05) is 68.4 Å². The fourth-order valence-corrected chi connectivity index (χ4v) is 3.86. The Morgan fingerprint density at radius 3 is 2.53 bits per heavy atom. The van der Waals surface area contributed by atoms with E-state index in [1.54, 1.807) is 18.3 Å². The summed E-state index contributed by atoms with van der Waals surface area (Å²) in [5, 5.41) is 4.93. The molecule has 0 atom stereocenters. The van der Waals surface area contributed by atoms with Gasteiger partial charge in [-0.15, -0.1) is 0 Å². The second kappa shape index (κ2) is 10.5. The fraction of sp³-hybridized carbons (Fsp3) is 0.115. The van der Waals surface area contributed by atoms with E-state index in [-0.39, 0.29) is 10.7 Å². The van der Waals surface area contributed by atoms with Gasteiger partial charge >= 0.3 is 0 Å². The maximum Gasteiger partial charge on any atom is 0.274 e. The first-order valence-corrected chi connectivity index (χ1v) is 11.3. The number of rotatable bonds is 7. The molecule has 6 nitrogen and oxygen atoms in total.